The number of hydrogen-bond donors (Lipinski definition) is 0. The van der Waals surface area contributed by atoms with Crippen LogP contribution in [0.3, 0.4) is 0 Å². The highest BCUT2D eigenvalue weighted by molar-refractivity contribution is 9.10. The first-order chi connectivity index (χ1) is 8.84. The Morgan fingerprint density at radius 1 is 1.14 bits per heavy atom. The van der Waals surface area contributed by atoms with E-state index in [4.69, 9.17) is 18.5 Å². The molecule has 2 rings (SSSR count). The van der Waals surface area contributed by atoms with E-state index in [1.54, 1.807) is 18.2 Å². The van der Waals surface area contributed by atoms with E-state index in [0.717, 1.165) is 0 Å². The molecule has 0 saturated heterocycles. The van der Waals surface area contributed by atoms with Gasteiger partial charge in [0.15, 0.2) is 0 Å². The molecule has 0 nitrogen and oxygen atoms in total. The van der Waals surface area contributed by atoms with Gasteiger partial charge < -0.3 is 0 Å². The Kier molecular flexibility index (Phi) is 1.58. The lowest BCUT2D eigenvalue weighted by Crippen LogP contribution is -1.78. The average molecular weight is 273 g/mol. The monoisotopic (exact) mass is 271 g/mol. The van der Waals surface area contributed by atoms with Crippen molar-refractivity contribution in [3.05, 3.63) is 57.9 Å². The Morgan fingerprint density at radius 2 is 1.86 bits per heavy atom. The molecule has 2 aromatic rings. The van der Waals surface area contributed by atoms with Gasteiger partial charge in [-0.15, -0.1) is 0 Å². The van der Waals surface area contributed by atoms with Crippen molar-refractivity contribution in [2.24, 2.45) is 0 Å². The number of rotatable bonds is 1. The molecule has 0 atom stereocenters. The van der Waals surface area contributed by atoms with Crippen LogP contribution in [0.1, 0.15) is 6.85 Å². The molecule has 0 aliphatic rings. The first-order valence-corrected chi connectivity index (χ1v) is 5.04. The lowest BCUT2D eigenvalue weighted by atomic mass is 10.1. The third-order valence-corrected chi connectivity index (χ3v) is 2.62. The molecule has 0 aromatic heterocycles. The van der Waals surface area contributed by atoms with Gasteiger partial charge in [-0.05, 0) is 29.3 Å². The standard InChI is InChI=1S/C12H8BrCl/c13-12-7-6-10(14)8-11(12)9-4-2-1-3-5-9/h1-8H/i1D,2D,3D,4D,5D. The van der Waals surface area contributed by atoms with Crippen molar-refractivity contribution in [1.29, 1.82) is 0 Å². The van der Waals surface area contributed by atoms with E-state index in [1.165, 1.54) is 0 Å². The maximum Gasteiger partial charge on any atom is 0.0629 e. The maximum absolute atomic E-state index is 7.90. The smallest absolute Gasteiger partial charge is 0.0629 e. The highest BCUT2D eigenvalue weighted by Gasteiger charge is 2.02. The van der Waals surface area contributed by atoms with Gasteiger partial charge in [0.1, 0.15) is 0 Å². The van der Waals surface area contributed by atoms with E-state index in [9.17, 15) is 0 Å². The summed E-state index contributed by atoms with van der Waals surface area (Å²) in [5, 5.41) is 0.435. The Labute approximate surface area is 104 Å². The Hall–Kier alpha value is -0.790. The Bertz CT molecular complexity index is 643. The second-order valence-electron chi connectivity index (χ2n) is 2.62. The van der Waals surface area contributed by atoms with Gasteiger partial charge in [0.05, 0.1) is 6.85 Å². The van der Waals surface area contributed by atoms with Crippen LogP contribution in [0.2, 0.25) is 5.02 Å². The van der Waals surface area contributed by atoms with E-state index in [1.807, 2.05) is 0 Å². The molecule has 2 aromatic carbocycles. The summed E-state index contributed by atoms with van der Waals surface area (Å²) >= 11 is 9.22. The van der Waals surface area contributed by atoms with E-state index in [-0.39, 0.29) is 29.7 Å². The largest absolute Gasteiger partial charge is 0.0843 e. The molecule has 0 unspecified atom stereocenters. The molecule has 0 heterocycles. The van der Waals surface area contributed by atoms with Crippen LogP contribution in [0, 0.1) is 0 Å². The molecule has 0 N–H and O–H groups in total. The first-order valence-electron chi connectivity index (χ1n) is 6.37. The Balaban J connectivity index is 2.87. The second kappa shape index (κ2) is 4.16. The molecular formula is C12H8BrCl. The molecule has 70 valence electrons. The van der Waals surface area contributed by atoms with Gasteiger partial charge in [-0.2, -0.15) is 0 Å². The van der Waals surface area contributed by atoms with Crippen molar-refractivity contribution in [1.82, 2.24) is 0 Å². The quantitative estimate of drug-likeness (QED) is 0.701. The molecule has 0 saturated carbocycles. The summed E-state index contributed by atoms with van der Waals surface area (Å²) in [6.45, 7) is 0. The highest BCUT2D eigenvalue weighted by atomic mass is 79.9. The molecule has 0 spiro atoms. The zero-order chi connectivity index (χ0) is 14.3. The van der Waals surface area contributed by atoms with Crippen LogP contribution in [0.4, 0.5) is 0 Å². The van der Waals surface area contributed by atoms with Crippen LogP contribution in [0.15, 0.2) is 52.9 Å². The summed E-state index contributed by atoms with van der Waals surface area (Å²) in [6.07, 6.45) is 0. The zero-order valence-electron chi connectivity index (χ0n) is 12.0. The summed E-state index contributed by atoms with van der Waals surface area (Å²) in [5.74, 6) is 0. The minimum absolute atomic E-state index is 0.139. The van der Waals surface area contributed by atoms with Gasteiger partial charge in [-0.1, -0.05) is 57.7 Å². The summed E-state index contributed by atoms with van der Waals surface area (Å²) in [5.41, 5.74) is 0.616. The molecule has 2 heteroatoms. The van der Waals surface area contributed by atoms with Crippen LogP contribution in [-0.4, -0.2) is 0 Å². The molecule has 0 aliphatic carbocycles. The number of benzene rings is 2. The van der Waals surface area contributed by atoms with Crippen LogP contribution >= 0.6 is 27.5 Å². The molecule has 0 bridgehead atoms. The summed E-state index contributed by atoms with van der Waals surface area (Å²) in [4.78, 5) is 0. The van der Waals surface area contributed by atoms with Gasteiger partial charge in [0.2, 0.25) is 0 Å². The first kappa shape index (κ1) is 5.34. The molecule has 14 heavy (non-hydrogen) atoms. The highest BCUT2D eigenvalue weighted by Crippen LogP contribution is 2.30. The predicted molar refractivity (Wildman–Crippen MR) is 64.6 cm³/mol. The predicted octanol–water partition coefficient (Wildman–Crippen LogP) is 4.77. The van der Waals surface area contributed by atoms with Crippen molar-refractivity contribution >= 4 is 27.5 Å². The normalized spacial score (nSPS) is 15.1. The van der Waals surface area contributed by atoms with E-state index in [2.05, 4.69) is 15.9 Å². The van der Waals surface area contributed by atoms with Crippen molar-refractivity contribution < 1.29 is 6.85 Å². The van der Waals surface area contributed by atoms with Crippen LogP contribution in [-0.2, 0) is 0 Å². The van der Waals surface area contributed by atoms with Crippen molar-refractivity contribution in [2.45, 2.75) is 0 Å². The summed E-state index contributed by atoms with van der Waals surface area (Å²) < 4.78 is 39.3. The minimum atomic E-state index is -0.406. The summed E-state index contributed by atoms with van der Waals surface area (Å²) in [7, 11) is 0. The van der Waals surface area contributed by atoms with Gasteiger partial charge in [0, 0.05) is 9.50 Å². The fourth-order valence-corrected chi connectivity index (χ4v) is 1.69. The molecular weight excluding hydrogens is 259 g/mol. The Morgan fingerprint density at radius 3 is 2.57 bits per heavy atom. The van der Waals surface area contributed by atoms with E-state index < -0.39 is 6.04 Å². The van der Waals surface area contributed by atoms with Crippen LogP contribution < -0.4 is 0 Å². The molecule has 0 amide bonds. The number of halogens is 2. The van der Waals surface area contributed by atoms with Crippen molar-refractivity contribution in [3.8, 4) is 11.1 Å². The van der Waals surface area contributed by atoms with Gasteiger partial charge in [-0.25, -0.2) is 0 Å². The maximum atomic E-state index is 7.90. The van der Waals surface area contributed by atoms with E-state index >= 15 is 0 Å². The second-order valence-corrected chi connectivity index (χ2v) is 3.91. The molecule has 0 radical (unpaired) electrons. The SMILES string of the molecule is [2H]c1c([2H])c([2H])c(-c2cc(Cl)ccc2Br)c([2H])c1[2H]. The topological polar surface area (TPSA) is 0 Å². The minimum Gasteiger partial charge on any atom is -0.0843 e. The van der Waals surface area contributed by atoms with Gasteiger partial charge in [0.25, 0.3) is 0 Å². The fraction of sp³-hybridized carbons (Fsp3) is 0. The third-order valence-electron chi connectivity index (χ3n) is 1.70. The average Bonchev–Trinajstić information content (AvgIpc) is 2.38. The lowest BCUT2D eigenvalue weighted by molar-refractivity contribution is 1.58. The summed E-state index contributed by atoms with van der Waals surface area (Å²) in [6, 6.07) is 3.30. The van der Waals surface area contributed by atoms with Crippen LogP contribution in [0.25, 0.3) is 11.1 Å². The number of hydrogen-bond acceptors (Lipinski definition) is 0. The van der Waals surface area contributed by atoms with Gasteiger partial charge >= 0.3 is 0 Å². The fourth-order valence-electron chi connectivity index (χ4n) is 1.07. The third kappa shape index (κ3) is 1.99. The van der Waals surface area contributed by atoms with Crippen molar-refractivity contribution in [3.63, 3.8) is 0 Å². The molecule has 0 aliphatic heterocycles. The molecule has 0 fully saturated rings. The van der Waals surface area contributed by atoms with Gasteiger partial charge in [-0.3, -0.25) is 0 Å². The zero-order valence-corrected chi connectivity index (χ0v) is 9.33. The van der Waals surface area contributed by atoms with Crippen LogP contribution in [0.5, 0.6) is 0 Å². The lowest BCUT2D eigenvalue weighted by Gasteiger charge is -2.04. The van der Waals surface area contributed by atoms with E-state index in [0.29, 0.717) is 15.1 Å². The van der Waals surface area contributed by atoms with Crippen molar-refractivity contribution in [2.75, 3.05) is 0 Å².